The van der Waals surface area contributed by atoms with Crippen LogP contribution in [-0.2, 0) is 66.4 Å². The number of benzene rings is 6. The number of rotatable bonds is 18. The van der Waals surface area contributed by atoms with Crippen molar-refractivity contribution in [1.29, 1.82) is 0 Å². The van der Waals surface area contributed by atoms with E-state index in [0.717, 1.165) is 42.5 Å². The van der Waals surface area contributed by atoms with Gasteiger partial charge in [0.15, 0.2) is 11.5 Å². The number of hydrogen-bond acceptors (Lipinski definition) is 30. The van der Waals surface area contributed by atoms with Gasteiger partial charge in [-0.1, -0.05) is 12.1 Å². The smallest absolute Gasteiger partial charge is 0.744 e. The van der Waals surface area contributed by atoms with Crippen molar-refractivity contribution in [3.63, 3.8) is 0 Å². The van der Waals surface area contributed by atoms with E-state index >= 15 is 0 Å². The van der Waals surface area contributed by atoms with Gasteiger partial charge in [0.25, 0.3) is 0 Å². The van der Waals surface area contributed by atoms with Crippen molar-refractivity contribution in [3.05, 3.63) is 103 Å². The minimum atomic E-state index is -5.63. The number of phenols is 2. The van der Waals surface area contributed by atoms with Gasteiger partial charge in [0.1, 0.15) is 73.5 Å². The third-order valence-corrected chi connectivity index (χ3v) is 14.6. The average molecular weight is 1270 g/mol. The molecule has 4 N–H and O–H groups in total. The molecule has 1 aromatic heterocycles. The third kappa shape index (κ3) is 18.9. The summed E-state index contributed by atoms with van der Waals surface area (Å²) in [4.78, 5) is 7.10. The summed E-state index contributed by atoms with van der Waals surface area (Å²) >= 11 is 0.0796. The van der Waals surface area contributed by atoms with Crippen molar-refractivity contribution in [2.24, 2.45) is 20.5 Å². The van der Waals surface area contributed by atoms with E-state index in [0.29, 0.717) is 29.8 Å². The number of phenolic OH excluding ortho intramolecular Hbond substituents is 2. The zero-order chi connectivity index (χ0) is 54.3. The molecule has 0 saturated heterocycles. The van der Waals surface area contributed by atoms with Crippen molar-refractivity contribution in [2.45, 2.75) is 42.7 Å². The zero-order valence-electron chi connectivity index (χ0n) is 42.3. The third-order valence-electron chi connectivity index (χ3n) is 9.81. The van der Waals surface area contributed by atoms with Crippen LogP contribution in [0.4, 0.5) is 46.0 Å². The molecule has 6 aromatic carbocycles. The molecule has 0 aliphatic heterocycles. The van der Waals surface area contributed by atoms with Gasteiger partial charge < -0.3 is 48.9 Å². The molecule has 0 aliphatic rings. The average Bonchev–Trinajstić information content (AvgIpc) is 3.28. The first kappa shape index (κ1) is 76.8. The minimum absolute atomic E-state index is 0. The fourth-order valence-electron chi connectivity index (χ4n) is 6.78. The number of nitrogens with one attached hydrogen (secondary N) is 2. The summed E-state index contributed by atoms with van der Waals surface area (Å²) in [6.07, 6.45) is 1.62. The van der Waals surface area contributed by atoms with Crippen molar-refractivity contribution in [2.75, 3.05) is 10.6 Å². The Bertz CT molecular complexity index is 4160. The van der Waals surface area contributed by atoms with Crippen LogP contribution < -0.4 is 193 Å². The number of anilines is 4. The zero-order valence-corrected chi connectivity index (χ0v) is 59.2. The molecule has 0 spiro atoms. The van der Waals surface area contributed by atoms with Gasteiger partial charge in [-0.05, 0) is 102 Å². The molecule has 0 aliphatic carbocycles. The Hall–Kier alpha value is -1.23. The van der Waals surface area contributed by atoms with Gasteiger partial charge in [0.2, 0.25) is 11.9 Å². The van der Waals surface area contributed by atoms with Crippen LogP contribution in [0.1, 0.15) is 11.4 Å². The number of hydrogen-bond donors (Lipinski definition) is 4. The molecule has 0 saturated carbocycles. The second-order valence-electron chi connectivity index (χ2n) is 14.7. The van der Waals surface area contributed by atoms with Gasteiger partial charge in [0, 0.05) is 10.8 Å². The number of allylic oxidation sites excluding steroid dienone is 1. The molecule has 0 bridgehead atoms. The van der Waals surface area contributed by atoms with Gasteiger partial charge in [-0.25, -0.2) is 42.1 Å². The second kappa shape index (κ2) is 30.9. The van der Waals surface area contributed by atoms with E-state index in [1.54, 1.807) is 0 Å². The summed E-state index contributed by atoms with van der Waals surface area (Å²) in [6, 6.07) is 11.3. The number of aromatic nitrogens is 3. The van der Waals surface area contributed by atoms with Crippen LogP contribution in [0.25, 0.3) is 21.5 Å². The molecule has 1 heterocycles. The molecule has 80 heavy (non-hydrogen) atoms. The van der Waals surface area contributed by atoms with Gasteiger partial charge in [-0.15, -0.1) is 21.9 Å². The van der Waals surface area contributed by atoms with E-state index in [2.05, 4.69) is 62.0 Å². The fourth-order valence-corrected chi connectivity index (χ4v) is 10.0. The van der Waals surface area contributed by atoms with Gasteiger partial charge in [0.05, 0.1) is 58.5 Å². The summed E-state index contributed by atoms with van der Waals surface area (Å²) in [5.41, 5.74) is -3.17. The summed E-state index contributed by atoms with van der Waals surface area (Å²) in [5, 5.41) is 56.1. The number of nitrogens with zero attached hydrogens (tertiary/aromatic N) is 7. The van der Waals surface area contributed by atoms with E-state index in [-0.39, 0.29) is 218 Å². The standard InChI is InChI=1S/C39H31N9O20S6.6Na/c1-3-4-19-5-10-30(73(61,62)63)26(11-19)46-47-34-29(69-68-67-51)14-20-12-24(71(55,56)57)16-27(32(20)36(34)49)42-38-40-18(2)41-39(44-38)43-28-17-25(72(58,59)60)13-21-15-31(74(64,65)66)35(37(50)33(21)28)48-45-22-6-8-23(9-7-22)70(52,53)54;;;;;;/h3,5-17,49-51H,1,4H2,2H3,(H,52,53,54)(H,55,56,57)(H,58,59,60)(H,61,62,63)(H,64,65,66)(H2,40,41,42,43,44);;;;;;/q;6*+1/p-6. The van der Waals surface area contributed by atoms with E-state index in [1.165, 1.54) is 25.1 Å². The summed E-state index contributed by atoms with van der Waals surface area (Å²) in [6.45, 7) is 4.84. The fraction of sp³-hybridized carbons (Fsp3) is 0.0513. The first-order chi connectivity index (χ1) is 34.5. The van der Waals surface area contributed by atoms with Gasteiger partial charge in [-0.2, -0.15) is 24.4 Å². The molecule has 0 amide bonds. The van der Waals surface area contributed by atoms with Crippen LogP contribution in [0.15, 0.2) is 141 Å². The SMILES string of the molecule is C=CCc1ccc(S(=O)(=O)[O-])c(N=Nc2c(SOO[O-])cc3cc(S(=O)(=O)[O-])cc(Nc4nc(C)nc(Nc5cc(S(=O)(=O)[O-])cc6cc(S(=O)(=O)[O-])c(N=Nc7ccc(S(=O)(=O)[O-])cc7)c(O)c56)n4)c3c2O)c1.[Na+].[Na+].[Na+].[Na+].[Na+].[Na+]. The molecule has 0 radical (unpaired) electrons. The first-order valence-electron chi connectivity index (χ1n) is 19.5. The summed E-state index contributed by atoms with van der Waals surface area (Å²) < 4.78 is 187. The molecule has 41 heteroatoms. The molecule has 388 valence electrons. The predicted octanol–water partition coefficient (Wildman–Crippen LogP) is -13.3. The predicted molar refractivity (Wildman–Crippen MR) is 245 cm³/mol. The number of aryl methyl sites for hydroxylation is 1. The van der Waals surface area contributed by atoms with E-state index in [1.807, 2.05) is 0 Å². The van der Waals surface area contributed by atoms with E-state index < -0.39 is 143 Å². The van der Waals surface area contributed by atoms with Crippen molar-refractivity contribution in [1.82, 2.24) is 15.0 Å². The number of fused-ring (bicyclic) bond motifs is 2. The molecular weight excluding hydrogens is 1240 g/mol. The second-order valence-corrected chi connectivity index (χ2v) is 22.3. The Morgan fingerprint density at radius 3 is 1.51 bits per heavy atom. The van der Waals surface area contributed by atoms with Crippen LogP contribution in [0, 0.1) is 6.92 Å². The monoisotopic (exact) mass is 1270 g/mol. The molecule has 7 aromatic rings. The first-order valence-corrected chi connectivity index (χ1v) is 27.3. The molecule has 0 fully saturated rings. The van der Waals surface area contributed by atoms with E-state index in [9.17, 15) is 80.3 Å². The molecule has 0 unspecified atom stereocenters. The van der Waals surface area contributed by atoms with Crippen LogP contribution in [0.5, 0.6) is 11.5 Å². The number of aromatic hydroxyl groups is 2. The van der Waals surface area contributed by atoms with Crippen LogP contribution in [-0.4, -0.2) is 90.0 Å². The topological polar surface area (TPSA) is 480 Å². The Morgan fingerprint density at radius 2 is 1.05 bits per heavy atom. The Kier molecular flexibility index (Phi) is 29.7. The summed E-state index contributed by atoms with van der Waals surface area (Å²) in [5.74, 6) is -3.54. The normalized spacial score (nSPS) is 11.8. The van der Waals surface area contributed by atoms with Crippen LogP contribution in [0.3, 0.4) is 0 Å². The molecule has 29 nitrogen and oxygen atoms in total. The molecule has 0 atom stereocenters. The minimum Gasteiger partial charge on any atom is -0.744 e. The Balaban J connectivity index is 0.00000533. The Labute approximate surface area is 591 Å². The van der Waals surface area contributed by atoms with Crippen LogP contribution >= 0.6 is 12.0 Å². The van der Waals surface area contributed by atoms with Gasteiger partial charge in [-0.3, -0.25) is 5.04 Å². The largest absolute Gasteiger partial charge is 1.00 e. The van der Waals surface area contributed by atoms with Crippen molar-refractivity contribution >= 4 is 130 Å². The maximum Gasteiger partial charge on any atom is 1.00 e. The molecule has 7 rings (SSSR count). The maximum atomic E-state index is 12.5. The maximum absolute atomic E-state index is 12.5. The van der Waals surface area contributed by atoms with Crippen LogP contribution in [0.2, 0.25) is 0 Å². The van der Waals surface area contributed by atoms with Crippen molar-refractivity contribution in [3.8, 4) is 11.5 Å². The quantitative estimate of drug-likeness (QED) is 0.0118. The summed E-state index contributed by atoms with van der Waals surface area (Å²) in [7, 11) is -26.5. The van der Waals surface area contributed by atoms with E-state index in [4.69, 9.17) is 0 Å². The van der Waals surface area contributed by atoms with Gasteiger partial charge >= 0.3 is 177 Å². The Morgan fingerprint density at radius 1 is 0.575 bits per heavy atom. The number of azo groups is 2. The van der Waals surface area contributed by atoms with Crippen molar-refractivity contribution < 1.29 is 267 Å². The molecular formula is C39H25N9Na6O20S6.